The van der Waals surface area contributed by atoms with E-state index in [0.717, 1.165) is 47.7 Å². The van der Waals surface area contributed by atoms with Gasteiger partial charge in [-0.2, -0.15) is 0 Å². The molecule has 0 amide bonds. The van der Waals surface area contributed by atoms with Crippen molar-refractivity contribution in [3.05, 3.63) is 83.7 Å². The van der Waals surface area contributed by atoms with E-state index in [1.165, 1.54) is 16.7 Å². The van der Waals surface area contributed by atoms with Crippen LogP contribution in [-0.4, -0.2) is 34.7 Å². The lowest BCUT2D eigenvalue weighted by atomic mass is 9.93. The van der Waals surface area contributed by atoms with Crippen LogP contribution >= 0.6 is 0 Å². The maximum atomic E-state index is 5.52. The number of fused-ring (bicyclic) bond motifs is 2. The Morgan fingerprint density at radius 1 is 0.935 bits per heavy atom. The Balaban J connectivity index is 1.41. The fourth-order valence-corrected chi connectivity index (χ4v) is 4.54. The third-order valence-electron chi connectivity index (χ3n) is 6.25. The van der Waals surface area contributed by atoms with Gasteiger partial charge in [0.1, 0.15) is 6.33 Å². The van der Waals surface area contributed by atoms with E-state index in [1.54, 1.807) is 14.2 Å². The molecule has 0 spiro atoms. The van der Waals surface area contributed by atoms with E-state index >= 15 is 0 Å². The van der Waals surface area contributed by atoms with Gasteiger partial charge in [-0.25, -0.2) is 4.98 Å². The summed E-state index contributed by atoms with van der Waals surface area (Å²) in [6, 6.07) is 21.7. The van der Waals surface area contributed by atoms with Crippen LogP contribution in [-0.2, 0) is 19.5 Å². The highest BCUT2D eigenvalue weighted by molar-refractivity contribution is 5.77. The maximum absolute atomic E-state index is 5.52. The topological polar surface area (TPSA) is 39.5 Å². The molecular weight excluding hydrogens is 386 g/mol. The summed E-state index contributed by atoms with van der Waals surface area (Å²) in [6.45, 7) is 4.09. The second-order valence-corrected chi connectivity index (χ2v) is 8.21. The summed E-state index contributed by atoms with van der Waals surface area (Å²) in [5, 5.41) is 0. The van der Waals surface area contributed by atoms with Crippen LogP contribution in [0.3, 0.4) is 0 Å². The molecule has 0 N–H and O–H groups in total. The predicted octanol–water partition coefficient (Wildman–Crippen LogP) is 4.99. The highest BCUT2D eigenvalue weighted by Gasteiger charge is 2.25. The molecule has 5 rings (SSSR count). The minimum atomic E-state index is 0.448. The Labute approximate surface area is 182 Å². The van der Waals surface area contributed by atoms with Gasteiger partial charge in [-0.15, -0.1) is 0 Å². The van der Waals surface area contributed by atoms with Crippen LogP contribution < -0.4 is 9.47 Å². The number of hydrogen-bond donors (Lipinski definition) is 0. The zero-order chi connectivity index (χ0) is 21.4. The molecule has 0 saturated carbocycles. The first-order valence-electron chi connectivity index (χ1n) is 10.7. The number of para-hydroxylation sites is 2. The Kier molecular flexibility index (Phi) is 5.12. The second kappa shape index (κ2) is 8.08. The third-order valence-corrected chi connectivity index (χ3v) is 6.25. The summed E-state index contributed by atoms with van der Waals surface area (Å²) >= 11 is 0. The highest BCUT2D eigenvalue weighted by atomic mass is 16.5. The molecule has 1 aliphatic rings. The first kappa shape index (κ1) is 19.6. The van der Waals surface area contributed by atoms with Crippen LogP contribution in [0, 0.1) is 0 Å². The van der Waals surface area contributed by atoms with Crippen LogP contribution in [0.5, 0.6) is 11.5 Å². The molecule has 4 aromatic rings. The van der Waals surface area contributed by atoms with Crippen molar-refractivity contribution in [1.82, 2.24) is 14.5 Å². The van der Waals surface area contributed by atoms with Crippen molar-refractivity contribution in [2.75, 3.05) is 14.2 Å². The quantitative estimate of drug-likeness (QED) is 0.462. The van der Waals surface area contributed by atoms with E-state index in [0.29, 0.717) is 6.04 Å². The van der Waals surface area contributed by atoms with E-state index < -0.39 is 0 Å². The lowest BCUT2D eigenvalue weighted by Gasteiger charge is -2.35. The number of benzene rings is 3. The molecule has 5 nitrogen and oxygen atoms in total. The zero-order valence-electron chi connectivity index (χ0n) is 18.2. The lowest BCUT2D eigenvalue weighted by Crippen LogP contribution is -2.37. The molecule has 31 heavy (non-hydrogen) atoms. The predicted molar refractivity (Wildman–Crippen MR) is 123 cm³/mol. The average molecular weight is 414 g/mol. The van der Waals surface area contributed by atoms with Gasteiger partial charge in [-0.3, -0.25) is 9.47 Å². The summed E-state index contributed by atoms with van der Waals surface area (Å²) < 4.78 is 13.2. The van der Waals surface area contributed by atoms with Crippen LogP contribution in [0.1, 0.15) is 23.6 Å². The van der Waals surface area contributed by atoms with Crippen LogP contribution in [0.25, 0.3) is 16.7 Å². The maximum Gasteiger partial charge on any atom is 0.161 e. The summed E-state index contributed by atoms with van der Waals surface area (Å²) in [6.07, 6.45) is 2.91. The van der Waals surface area contributed by atoms with E-state index in [2.05, 4.69) is 69.9 Å². The van der Waals surface area contributed by atoms with E-state index in [-0.39, 0.29) is 0 Å². The molecular formula is C26H27N3O2. The number of nitrogens with zero attached hydrogens (tertiary/aromatic N) is 3. The van der Waals surface area contributed by atoms with Gasteiger partial charge in [-0.05, 0) is 66.4 Å². The molecule has 3 aromatic carbocycles. The fraction of sp³-hybridized carbons (Fsp3) is 0.269. The Morgan fingerprint density at radius 3 is 2.52 bits per heavy atom. The van der Waals surface area contributed by atoms with Gasteiger partial charge in [-0.1, -0.05) is 24.3 Å². The van der Waals surface area contributed by atoms with Gasteiger partial charge in [0.15, 0.2) is 11.5 Å². The van der Waals surface area contributed by atoms with Gasteiger partial charge in [0.25, 0.3) is 0 Å². The standard InChI is InChI=1S/C26H27N3O2/c1-18-11-20-13-25(30-2)26(31-3)14-21(20)16-28(18)15-19-7-6-8-22(12-19)29-17-27-23-9-4-5-10-24(23)29/h4-10,12-14,17-18H,11,15-16H2,1-3H3. The monoisotopic (exact) mass is 413 g/mol. The van der Waals surface area contributed by atoms with Crippen molar-refractivity contribution in [2.24, 2.45) is 0 Å². The molecule has 1 atom stereocenters. The molecule has 2 heterocycles. The van der Waals surface area contributed by atoms with E-state index in [1.807, 2.05) is 18.5 Å². The Morgan fingerprint density at radius 2 is 1.71 bits per heavy atom. The largest absolute Gasteiger partial charge is 0.493 e. The summed E-state index contributed by atoms with van der Waals surface area (Å²) in [4.78, 5) is 7.07. The molecule has 0 fully saturated rings. The van der Waals surface area contributed by atoms with Crippen LogP contribution in [0.4, 0.5) is 0 Å². The molecule has 0 radical (unpaired) electrons. The molecule has 0 saturated heterocycles. The Hall–Kier alpha value is -3.31. The van der Waals surface area contributed by atoms with Gasteiger partial charge >= 0.3 is 0 Å². The van der Waals surface area contributed by atoms with Gasteiger partial charge < -0.3 is 9.47 Å². The normalized spacial score (nSPS) is 16.3. The molecule has 5 heteroatoms. The SMILES string of the molecule is COc1cc2c(cc1OC)CN(Cc1cccc(-n3cnc4ccccc43)c1)C(C)C2. The van der Waals surface area contributed by atoms with E-state index in [4.69, 9.17) is 9.47 Å². The lowest BCUT2D eigenvalue weighted by molar-refractivity contribution is 0.174. The van der Waals surface area contributed by atoms with Gasteiger partial charge in [0, 0.05) is 24.8 Å². The first-order chi connectivity index (χ1) is 15.2. The van der Waals surface area contributed by atoms with Crippen LogP contribution in [0.15, 0.2) is 67.0 Å². The number of methoxy groups -OCH3 is 2. The van der Waals surface area contributed by atoms with Crippen molar-refractivity contribution in [3.63, 3.8) is 0 Å². The van der Waals surface area contributed by atoms with Crippen molar-refractivity contribution in [3.8, 4) is 17.2 Å². The molecule has 158 valence electrons. The number of imidazole rings is 1. The van der Waals surface area contributed by atoms with Crippen LogP contribution in [0.2, 0.25) is 0 Å². The minimum Gasteiger partial charge on any atom is -0.493 e. The van der Waals surface area contributed by atoms with Gasteiger partial charge in [0.2, 0.25) is 0 Å². The summed E-state index contributed by atoms with van der Waals surface area (Å²) in [5.41, 5.74) is 7.24. The summed E-state index contributed by atoms with van der Waals surface area (Å²) in [5.74, 6) is 1.60. The number of rotatable bonds is 5. The minimum absolute atomic E-state index is 0.448. The third kappa shape index (κ3) is 3.66. The van der Waals surface area contributed by atoms with Crippen molar-refractivity contribution < 1.29 is 9.47 Å². The molecule has 0 bridgehead atoms. The second-order valence-electron chi connectivity index (χ2n) is 8.21. The first-order valence-corrected chi connectivity index (χ1v) is 10.7. The van der Waals surface area contributed by atoms with Crippen molar-refractivity contribution in [2.45, 2.75) is 32.5 Å². The Bertz CT molecular complexity index is 1230. The summed E-state index contributed by atoms with van der Waals surface area (Å²) in [7, 11) is 3.39. The number of hydrogen-bond acceptors (Lipinski definition) is 4. The number of ether oxygens (including phenoxy) is 2. The highest BCUT2D eigenvalue weighted by Crippen LogP contribution is 2.35. The number of aromatic nitrogens is 2. The molecule has 1 aromatic heterocycles. The zero-order valence-corrected chi connectivity index (χ0v) is 18.2. The molecule has 0 aliphatic carbocycles. The van der Waals surface area contributed by atoms with Crippen molar-refractivity contribution in [1.29, 1.82) is 0 Å². The molecule has 1 aliphatic heterocycles. The van der Waals surface area contributed by atoms with Gasteiger partial charge in [0.05, 0.1) is 25.3 Å². The van der Waals surface area contributed by atoms with Crippen molar-refractivity contribution >= 4 is 11.0 Å². The average Bonchev–Trinajstić information content (AvgIpc) is 3.23. The van der Waals surface area contributed by atoms with E-state index in [9.17, 15) is 0 Å². The fourth-order valence-electron chi connectivity index (χ4n) is 4.54. The molecule has 1 unspecified atom stereocenters. The smallest absolute Gasteiger partial charge is 0.161 e.